The van der Waals surface area contributed by atoms with E-state index in [1.54, 1.807) is 7.11 Å². The van der Waals surface area contributed by atoms with Gasteiger partial charge < -0.3 is 9.47 Å². The summed E-state index contributed by atoms with van der Waals surface area (Å²) in [6.45, 7) is 6.67. The van der Waals surface area contributed by atoms with Crippen molar-refractivity contribution in [3.63, 3.8) is 0 Å². The predicted molar refractivity (Wildman–Crippen MR) is 79.5 cm³/mol. The van der Waals surface area contributed by atoms with Gasteiger partial charge in [-0.2, -0.15) is 0 Å². The zero-order chi connectivity index (χ0) is 14.7. The molecule has 1 unspecified atom stereocenters. The maximum absolute atomic E-state index is 12.5. The molecule has 0 aliphatic carbocycles. The quantitative estimate of drug-likeness (QED) is 0.767. The Kier molecular flexibility index (Phi) is 4.81. The van der Waals surface area contributed by atoms with E-state index in [-0.39, 0.29) is 11.9 Å². The Balaban J connectivity index is 2.47. The highest BCUT2D eigenvalue weighted by atomic mass is 16.5. The van der Waals surface area contributed by atoms with Gasteiger partial charge in [0.05, 0.1) is 19.8 Å². The summed E-state index contributed by atoms with van der Waals surface area (Å²) in [4.78, 5) is 12.5. The first-order chi connectivity index (χ1) is 9.58. The van der Waals surface area contributed by atoms with Crippen LogP contribution in [-0.2, 0) is 17.8 Å². The van der Waals surface area contributed by atoms with E-state index >= 15 is 0 Å². The largest absolute Gasteiger partial charge is 0.496 e. The molecule has 2 rings (SSSR count). The van der Waals surface area contributed by atoms with Crippen molar-refractivity contribution >= 4 is 5.78 Å². The second-order valence-corrected chi connectivity index (χ2v) is 5.57. The number of unbranched alkanes of at least 4 members (excludes halogenated alkanes) is 1. The molecule has 110 valence electrons. The first-order valence-electron chi connectivity index (χ1n) is 7.42. The molecular weight excluding hydrogens is 252 g/mol. The van der Waals surface area contributed by atoms with Crippen molar-refractivity contribution < 1.29 is 14.3 Å². The maximum Gasteiger partial charge on any atom is 0.163 e. The summed E-state index contributed by atoms with van der Waals surface area (Å²) in [6, 6.07) is 2.07. The number of fused-ring (bicyclic) bond motifs is 1. The van der Waals surface area contributed by atoms with Gasteiger partial charge in [-0.05, 0) is 43.9 Å². The van der Waals surface area contributed by atoms with Crippen LogP contribution in [0.15, 0.2) is 6.07 Å². The number of Topliss-reactive ketones (excluding diaryl/α,β-unsaturated/α-hetero) is 1. The third-order valence-corrected chi connectivity index (χ3v) is 4.02. The van der Waals surface area contributed by atoms with Crippen LogP contribution in [0.5, 0.6) is 5.75 Å². The van der Waals surface area contributed by atoms with Crippen LogP contribution >= 0.6 is 0 Å². The summed E-state index contributed by atoms with van der Waals surface area (Å²) in [6.07, 6.45) is 3.62. The van der Waals surface area contributed by atoms with Crippen LogP contribution in [0.3, 0.4) is 0 Å². The first kappa shape index (κ1) is 15.0. The summed E-state index contributed by atoms with van der Waals surface area (Å²) in [5, 5.41) is 0. The standard InChI is InChI=1S/C17H24O3/c1-5-6-7-15(18)17-12(3)16(19-4)9-13-8-11(2)20-10-14(13)17/h9,11H,5-8,10H2,1-4H3. The first-order valence-corrected chi connectivity index (χ1v) is 7.42. The van der Waals surface area contributed by atoms with E-state index in [1.807, 2.05) is 6.92 Å². The molecule has 0 spiro atoms. The third-order valence-electron chi connectivity index (χ3n) is 4.02. The van der Waals surface area contributed by atoms with Gasteiger partial charge in [0.1, 0.15) is 5.75 Å². The molecule has 1 aliphatic rings. The molecule has 3 nitrogen and oxygen atoms in total. The molecular formula is C17H24O3. The lowest BCUT2D eigenvalue weighted by Gasteiger charge is -2.26. The fraction of sp³-hybridized carbons (Fsp3) is 0.588. The number of carbonyl (C=O) groups is 1. The van der Waals surface area contributed by atoms with Crippen LogP contribution in [-0.4, -0.2) is 19.0 Å². The molecule has 0 fully saturated rings. The number of ether oxygens (including phenoxy) is 2. The normalized spacial score (nSPS) is 17.7. The lowest BCUT2D eigenvalue weighted by atomic mass is 9.88. The topological polar surface area (TPSA) is 35.5 Å². The summed E-state index contributed by atoms with van der Waals surface area (Å²) in [5.74, 6) is 1.04. The highest BCUT2D eigenvalue weighted by Gasteiger charge is 2.25. The SMILES string of the molecule is CCCCC(=O)c1c(C)c(OC)cc2c1COC(C)C2. The van der Waals surface area contributed by atoms with Crippen molar-refractivity contribution in [2.75, 3.05) is 7.11 Å². The minimum absolute atomic E-state index is 0.202. The van der Waals surface area contributed by atoms with E-state index in [2.05, 4.69) is 19.9 Å². The second kappa shape index (κ2) is 6.40. The molecule has 0 N–H and O–H groups in total. The molecule has 3 heteroatoms. The van der Waals surface area contributed by atoms with Crippen molar-refractivity contribution in [2.24, 2.45) is 0 Å². The van der Waals surface area contributed by atoms with Gasteiger partial charge in [0.2, 0.25) is 0 Å². The molecule has 0 saturated heterocycles. The highest BCUT2D eigenvalue weighted by Crippen LogP contribution is 2.33. The van der Waals surface area contributed by atoms with Crippen LogP contribution in [0.25, 0.3) is 0 Å². The van der Waals surface area contributed by atoms with Crippen molar-refractivity contribution in [3.05, 3.63) is 28.3 Å². The summed E-state index contributed by atoms with van der Waals surface area (Å²) < 4.78 is 11.2. The minimum atomic E-state index is 0.202. The number of methoxy groups -OCH3 is 1. The number of carbonyl (C=O) groups excluding carboxylic acids is 1. The molecule has 1 atom stereocenters. The fourth-order valence-corrected chi connectivity index (χ4v) is 2.86. The molecule has 0 bridgehead atoms. The average molecular weight is 276 g/mol. The van der Waals surface area contributed by atoms with Crippen molar-refractivity contribution in [1.82, 2.24) is 0 Å². The lowest BCUT2D eigenvalue weighted by Crippen LogP contribution is -2.22. The number of benzene rings is 1. The van der Waals surface area contributed by atoms with Crippen molar-refractivity contribution in [2.45, 2.75) is 59.2 Å². The molecule has 1 heterocycles. The van der Waals surface area contributed by atoms with Gasteiger partial charge in [-0.15, -0.1) is 0 Å². The molecule has 0 radical (unpaired) electrons. The predicted octanol–water partition coefficient (Wildman–Crippen LogP) is 3.84. The molecule has 1 aliphatic heterocycles. The van der Waals surface area contributed by atoms with Gasteiger partial charge in [-0.3, -0.25) is 4.79 Å². The van der Waals surface area contributed by atoms with Crippen LogP contribution in [0.1, 0.15) is 60.2 Å². The Morgan fingerprint density at radius 3 is 2.90 bits per heavy atom. The van der Waals surface area contributed by atoms with Crippen molar-refractivity contribution in [3.8, 4) is 5.75 Å². The fourth-order valence-electron chi connectivity index (χ4n) is 2.86. The lowest BCUT2D eigenvalue weighted by molar-refractivity contribution is 0.0401. The highest BCUT2D eigenvalue weighted by molar-refractivity contribution is 5.99. The smallest absolute Gasteiger partial charge is 0.163 e. The van der Waals surface area contributed by atoms with E-state index in [1.165, 1.54) is 5.56 Å². The van der Waals surface area contributed by atoms with Gasteiger partial charge in [-0.1, -0.05) is 13.3 Å². The van der Waals surface area contributed by atoms with Gasteiger partial charge in [0.15, 0.2) is 5.78 Å². The molecule has 20 heavy (non-hydrogen) atoms. The number of ketones is 1. The van der Waals surface area contributed by atoms with Crippen LogP contribution in [0, 0.1) is 6.92 Å². The van der Waals surface area contributed by atoms with Gasteiger partial charge in [0, 0.05) is 17.5 Å². The van der Waals surface area contributed by atoms with Crippen LogP contribution in [0.2, 0.25) is 0 Å². The Bertz CT molecular complexity index is 505. The second-order valence-electron chi connectivity index (χ2n) is 5.57. The van der Waals surface area contributed by atoms with Crippen LogP contribution < -0.4 is 4.74 Å². The maximum atomic E-state index is 12.5. The number of hydrogen-bond donors (Lipinski definition) is 0. The van der Waals surface area contributed by atoms with E-state index in [0.29, 0.717) is 13.0 Å². The number of hydrogen-bond acceptors (Lipinski definition) is 3. The Morgan fingerprint density at radius 1 is 1.50 bits per heavy atom. The van der Waals surface area contributed by atoms with E-state index in [9.17, 15) is 4.79 Å². The third kappa shape index (κ3) is 2.88. The summed E-state index contributed by atoms with van der Waals surface area (Å²) in [7, 11) is 1.66. The molecule has 1 aromatic rings. The van der Waals surface area contributed by atoms with Crippen molar-refractivity contribution in [1.29, 1.82) is 0 Å². The molecule has 1 aromatic carbocycles. The Morgan fingerprint density at radius 2 is 2.25 bits per heavy atom. The average Bonchev–Trinajstić information content (AvgIpc) is 2.44. The molecule has 0 amide bonds. The van der Waals surface area contributed by atoms with E-state index < -0.39 is 0 Å². The van der Waals surface area contributed by atoms with Gasteiger partial charge in [0.25, 0.3) is 0 Å². The summed E-state index contributed by atoms with van der Waals surface area (Å²) >= 11 is 0. The summed E-state index contributed by atoms with van der Waals surface area (Å²) in [5.41, 5.74) is 4.05. The zero-order valence-electron chi connectivity index (χ0n) is 12.9. The van der Waals surface area contributed by atoms with E-state index in [4.69, 9.17) is 9.47 Å². The van der Waals surface area contributed by atoms with Crippen LogP contribution in [0.4, 0.5) is 0 Å². The zero-order valence-corrected chi connectivity index (χ0v) is 12.9. The minimum Gasteiger partial charge on any atom is -0.496 e. The molecule has 0 aromatic heterocycles. The van der Waals surface area contributed by atoms with Gasteiger partial charge >= 0.3 is 0 Å². The Hall–Kier alpha value is -1.35. The number of rotatable bonds is 5. The monoisotopic (exact) mass is 276 g/mol. The molecule has 0 saturated carbocycles. The Labute approximate surface area is 121 Å². The van der Waals surface area contributed by atoms with Gasteiger partial charge in [-0.25, -0.2) is 0 Å². The van der Waals surface area contributed by atoms with E-state index in [0.717, 1.165) is 41.7 Å².